The van der Waals surface area contributed by atoms with E-state index in [1.54, 1.807) is 31.6 Å². The van der Waals surface area contributed by atoms with E-state index in [9.17, 15) is 4.79 Å². The van der Waals surface area contributed by atoms with Gasteiger partial charge in [-0.15, -0.1) is 11.3 Å². The van der Waals surface area contributed by atoms with Gasteiger partial charge in [0.15, 0.2) is 5.76 Å². The maximum absolute atomic E-state index is 13.0. The highest BCUT2D eigenvalue weighted by molar-refractivity contribution is 7.17. The van der Waals surface area contributed by atoms with E-state index >= 15 is 0 Å². The normalized spacial score (nSPS) is 14.2. The molecule has 2 heterocycles. The Kier molecular flexibility index (Phi) is 3.34. The summed E-state index contributed by atoms with van der Waals surface area (Å²) >= 11 is 1.56. The van der Waals surface area contributed by atoms with Crippen LogP contribution in [0.1, 0.15) is 40.4 Å². The molecule has 23 heavy (non-hydrogen) atoms. The Bertz CT molecular complexity index is 891. The number of thiophene rings is 1. The molecule has 5 nitrogen and oxygen atoms in total. The molecule has 0 radical (unpaired) electrons. The minimum atomic E-state index is -0.125. The number of carbonyl (C=O) groups excluding carboxylic acids is 1. The molecule has 1 aliphatic rings. The third-order valence-corrected chi connectivity index (χ3v) is 5.04. The summed E-state index contributed by atoms with van der Waals surface area (Å²) in [6, 6.07) is 3.71. The lowest BCUT2D eigenvalue weighted by molar-refractivity contribution is 0.103. The standard InChI is InChI=1S/C17H15NO4S/c1-20-12-8-23-13-6-5-10(17(21-2)14(12)13)15(19)11-7-18-22-16(11)9-3-4-9/h5-9H,3-4H2,1-2H3. The molecule has 0 atom stereocenters. The van der Waals surface area contributed by atoms with Crippen LogP contribution in [0.25, 0.3) is 10.1 Å². The van der Waals surface area contributed by atoms with E-state index in [-0.39, 0.29) is 5.78 Å². The summed E-state index contributed by atoms with van der Waals surface area (Å²) in [4.78, 5) is 13.0. The van der Waals surface area contributed by atoms with Crippen molar-refractivity contribution in [2.24, 2.45) is 0 Å². The number of nitrogens with zero attached hydrogens (tertiary/aromatic N) is 1. The molecule has 0 unspecified atom stereocenters. The Balaban J connectivity index is 1.87. The average molecular weight is 329 g/mol. The maximum Gasteiger partial charge on any atom is 0.201 e. The second-order valence-electron chi connectivity index (χ2n) is 5.53. The Hall–Kier alpha value is -2.34. The molecular weight excluding hydrogens is 314 g/mol. The van der Waals surface area contributed by atoms with Crippen LogP contribution in [-0.4, -0.2) is 25.2 Å². The third-order valence-electron chi connectivity index (χ3n) is 4.12. The first-order chi connectivity index (χ1) is 11.2. The molecule has 0 saturated heterocycles. The van der Waals surface area contributed by atoms with Gasteiger partial charge >= 0.3 is 0 Å². The van der Waals surface area contributed by atoms with Gasteiger partial charge in [0.2, 0.25) is 5.78 Å². The fourth-order valence-electron chi connectivity index (χ4n) is 2.82. The number of methoxy groups -OCH3 is 2. The van der Waals surface area contributed by atoms with Gasteiger partial charge in [0.1, 0.15) is 11.5 Å². The van der Waals surface area contributed by atoms with Gasteiger partial charge < -0.3 is 14.0 Å². The highest BCUT2D eigenvalue weighted by atomic mass is 32.1. The van der Waals surface area contributed by atoms with Crippen molar-refractivity contribution in [2.75, 3.05) is 14.2 Å². The zero-order valence-corrected chi connectivity index (χ0v) is 13.6. The summed E-state index contributed by atoms with van der Waals surface area (Å²) in [7, 11) is 3.18. The van der Waals surface area contributed by atoms with Crippen LogP contribution in [-0.2, 0) is 0 Å². The largest absolute Gasteiger partial charge is 0.495 e. The van der Waals surface area contributed by atoms with Gasteiger partial charge in [0, 0.05) is 16.0 Å². The Labute approximate surface area is 136 Å². The number of ketones is 1. The van der Waals surface area contributed by atoms with E-state index in [0.717, 1.165) is 22.9 Å². The lowest BCUT2D eigenvalue weighted by Gasteiger charge is -2.10. The first kappa shape index (κ1) is 14.3. The van der Waals surface area contributed by atoms with E-state index in [4.69, 9.17) is 14.0 Å². The SMILES string of the molecule is COc1csc2ccc(C(=O)c3cnoc3C3CC3)c(OC)c12. The molecule has 0 N–H and O–H groups in total. The topological polar surface area (TPSA) is 61.6 Å². The summed E-state index contributed by atoms with van der Waals surface area (Å²) in [6.45, 7) is 0. The molecule has 0 aliphatic heterocycles. The van der Waals surface area contributed by atoms with Gasteiger partial charge in [-0.3, -0.25) is 4.79 Å². The van der Waals surface area contributed by atoms with Crippen molar-refractivity contribution in [3.63, 3.8) is 0 Å². The van der Waals surface area contributed by atoms with E-state index in [0.29, 0.717) is 34.3 Å². The molecule has 1 aromatic carbocycles. The van der Waals surface area contributed by atoms with Crippen LogP contribution >= 0.6 is 11.3 Å². The second-order valence-corrected chi connectivity index (χ2v) is 6.44. The lowest BCUT2D eigenvalue weighted by atomic mass is 10.00. The predicted molar refractivity (Wildman–Crippen MR) is 86.8 cm³/mol. The lowest BCUT2D eigenvalue weighted by Crippen LogP contribution is -2.05. The quantitative estimate of drug-likeness (QED) is 0.662. The fourth-order valence-corrected chi connectivity index (χ4v) is 3.72. The summed E-state index contributed by atoms with van der Waals surface area (Å²) < 4.78 is 17.2. The molecule has 1 saturated carbocycles. The monoisotopic (exact) mass is 329 g/mol. The summed E-state index contributed by atoms with van der Waals surface area (Å²) in [5, 5.41) is 6.55. The number of rotatable bonds is 5. The first-order valence-electron chi connectivity index (χ1n) is 7.36. The summed E-state index contributed by atoms with van der Waals surface area (Å²) in [5.74, 6) is 2.13. The van der Waals surface area contributed by atoms with E-state index in [2.05, 4.69) is 5.16 Å². The molecule has 1 fully saturated rings. The molecule has 0 spiro atoms. The van der Waals surface area contributed by atoms with Gasteiger partial charge in [-0.2, -0.15) is 0 Å². The second kappa shape index (κ2) is 5.38. The van der Waals surface area contributed by atoms with Gasteiger partial charge in [0.25, 0.3) is 0 Å². The minimum absolute atomic E-state index is 0.125. The van der Waals surface area contributed by atoms with Crippen LogP contribution in [0.5, 0.6) is 11.5 Å². The average Bonchev–Trinajstić information content (AvgIpc) is 3.15. The summed E-state index contributed by atoms with van der Waals surface area (Å²) in [6.07, 6.45) is 3.60. The van der Waals surface area contributed by atoms with E-state index in [1.807, 2.05) is 11.4 Å². The van der Waals surface area contributed by atoms with Gasteiger partial charge in [-0.1, -0.05) is 5.16 Å². The Morgan fingerprint density at radius 3 is 2.78 bits per heavy atom. The number of hydrogen-bond acceptors (Lipinski definition) is 6. The first-order valence-corrected chi connectivity index (χ1v) is 8.24. The molecule has 1 aliphatic carbocycles. The molecule has 0 bridgehead atoms. The minimum Gasteiger partial charge on any atom is -0.495 e. The molecule has 3 aromatic rings. The van der Waals surface area contributed by atoms with E-state index < -0.39 is 0 Å². The molecule has 2 aromatic heterocycles. The maximum atomic E-state index is 13.0. The number of benzene rings is 1. The van der Waals surface area contributed by atoms with E-state index in [1.165, 1.54) is 6.20 Å². The molecule has 4 rings (SSSR count). The number of hydrogen-bond donors (Lipinski definition) is 0. The van der Waals surface area contributed by atoms with Crippen LogP contribution in [0, 0.1) is 0 Å². The van der Waals surface area contributed by atoms with Crippen LogP contribution in [0.15, 0.2) is 28.2 Å². The summed E-state index contributed by atoms with van der Waals surface area (Å²) in [5.41, 5.74) is 1.03. The van der Waals surface area contributed by atoms with Gasteiger partial charge in [0.05, 0.1) is 36.9 Å². The van der Waals surface area contributed by atoms with Crippen LogP contribution in [0.2, 0.25) is 0 Å². The molecule has 0 amide bonds. The van der Waals surface area contributed by atoms with Crippen molar-refractivity contribution in [1.29, 1.82) is 0 Å². The molecular formula is C17H15NO4S. The van der Waals surface area contributed by atoms with Crippen molar-refractivity contribution in [3.8, 4) is 11.5 Å². The highest BCUT2D eigenvalue weighted by Crippen LogP contribution is 2.44. The number of fused-ring (bicyclic) bond motifs is 1. The third kappa shape index (κ3) is 2.21. The van der Waals surface area contributed by atoms with Crippen LogP contribution in [0.4, 0.5) is 0 Å². The van der Waals surface area contributed by atoms with Crippen LogP contribution < -0.4 is 9.47 Å². The van der Waals surface area contributed by atoms with Crippen molar-refractivity contribution < 1.29 is 18.8 Å². The van der Waals surface area contributed by atoms with Gasteiger partial charge in [-0.05, 0) is 25.0 Å². The van der Waals surface area contributed by atoms with Crippen molar-refractivity contribution in [2.45, 2.75) is 18.8 Å². The smallest absolute Gasteiger partial charge is 0.201 e. The Morgan fingerprint density at radius 1 is 1.26 bits per heavy atom. The number of ether oxygens (including phenoxy) is 2. The number of carbonyl (C=O) groups is 1. The molecule has 118 valence electrons. The number of aromatic nitrogens is 1. The van der Waals surface area contributed by atoms with Crippen molar-refractivity contribution in [1.82, 2.24) is 5.16 Å². The van der Waals surface area contributed by atoms with Gasteiger partial charge in [-0.25, -0.2) is 0 Å². The van der Waals surface area contributed by atoms with Crippen molar-refractivity contribution in [3.05, 3.63) is 40.6 Å². The zero-order valence-electron chi connectivity index (χ0n) is 12.8. The zero-order chi connectivity index (χ0) is 16.0. The highest BCUT2D eigenvalue weighted by Gasteiger charge is 2.33. The van der Waals surface area contributed by atoms with Crippen molar-refractivity contribution >= 4 is 27.2 Å². The fraction of sp³-hybridized carbons (Fsp3) is 0.294. The predicted octanol–water partition coefficient (Wildman–Crippen LogP) is 4.01. The molecule has 6 heteroatoms. The Morgan fingerprint density at radius 2 is 2.09 bits per heavy atom. The van der Waals surface area contributed by atoms with Crippen LogP contribution in [0.3, 0.4) is 0 Å².